The van der Waals surface area contributed by atoms with Gasteiger partial charge in [0.1, 0.15) is 6.10 Å². The molecule has 3 saturated carbocycles. The molecule has 5 nitrogen and oxygen atoms in total. The molecule has 3 fully saturated rings. The van der Waals surface area contributed by atoms with Crippen LogP contribution in [0.15, 0.2) is 65.2 Å². The number of carbonyl (C=O) groups is 2. The maximum Gasteiger partial charge on any atom is 0.338 e. The molecule has 8 atom stereocenters. The van der Waals surface area contributed by atoms with Crippen molar-refractivity contribution < 1.29 is 19.1 Å². The largest absolute Gasteiger partial charge is 0.462 e. The van der Waals surface area contributed by atoms with Crippen LogP contribution < -0.4 is 0 Å². The Kier molecular flexibility index (Phi) is 12.5. The van der Waals surface area contributed by atoms with Crippen LogP contribution in [0.5, 0.6) is 0 Å². The van der Waals surface area contributed by atoms with E-state index >= 15 is 0 Å². The van der Waals surface area contributed by atoms with Crippen LogP contribution in [0.1, 0.15) is 146 Å². The number of fused-ring (bicyclic) bond motifs is 5. The normalized spacial score (nSPS) is 30.3. The minimum absolute atomic E-state index is 0.0116. The van der Waals surface area contributed by atoms with E-state index < -0.39 is 0 Å². The maximum absolute atomic E-state index is 12.9. The predicted molar refractivity (Wildman–Crippen MR) is 212 cm³/mol. The summed E-state index contributed by atoms with van der Waals surface area (Å²) < 4.78 is 11.6. The fourth-order valence-corrected chi connectivity index (χ4v) is 11.1. The van der Waals surface area contributed by atoms with Crippen molar-refractivity contribution in [3.05, 3.63) is 76.9 Å². The number of aliphatic imine (C=N–C) groups is 1. The third kappa shape index (κ3) is 8.77. The van der Waals surface area contributed by atoms with Crippen molar-refractivity contribution in [2.75, 3.05) is 6.61 Å². The third-order valence-corrected chi connectivity index (χ3v) is 14.1. The van der Waals surface area contributed by atoms with Gasteiger partial charge in [-0.3, -0.25) is 9.79 Å². The van der Waals surface area contributed by atoms with Gasteiger partial charge in [0.25, 0.3) is 0 Å². The molecule has 4 aliphatic carbocycles. The monoisotopic (exact) mass is 707 g/mol. The molecule has 0 amide bonds. The second kappa shape index (κ2) is 16.9. The van der Waals surface area contributed by atoms with Crippen LogP contribution >= 0.6 is 0 Å². The summed E-state index contributed by atoms with van der Waals surface area (Å²) in [4.78, 5) is 29.9. The molecular weight excluding hydrogens is 643 g/mol. The number of aryl methyl sites for hydroxylation is 1. The van der Waals surface area contributed by atoms with E-state index in [1.807, 2.05) is 36.4 Å². The van der Waals surface area contributed by atoms with E-state index in [2.05, 4.69) is 52.6 Å². The van der Waals surface area contributed by atoms with Crippen LogP contribution in [0.25, 0.3) is 0 Å². The van der Waals surface area contributed by atoms with Crippen LogP contribution in [-0.2, 0) is 14.3 Å². The molecule has 2 aromatic rings. The van der Waals surface area contributed by atoms with Crippen molar-refractivity contribution in [1.82, 2.24) is 0 Å². The number of ether oxygens (including phenoxy) is 2. The average Bonchev–Trinajstić information content (AvgIpc) is 3.48. The smallest absolute Gasteiger partial charge is 0.338 e. The summed E-state index contributed by atoms with van der Waals surface area (Å²) in [7, 11) is 0. The molecule has 0 radical (unpaired) electrons. The standard InChI is InChI=1S/C47H65NO4/c1-32(2)10-9-11-34(4)41-23-24-42-40-22-19-37-30-39(25-27-46(37,5)43(40)26-28-47(41,42)6)52-44(49)12-7-8-29-51-45(50)36-17-15-35(16-18-36)31-48-38-20-13-33(3)14-21-38/h13-21,31-32,34,39-43H,7-12,22-30H2,1-6H3/t34-,39+,40+,41-,42+,43+,46+,47-/m1/s1. The summed E-state index contributed by atoms with van der Waals surface area (Å²) in [6, 6.07) is 15.3. The zero-order valence-corrected chi connectivity index (χ0v) is 33.0. The molecule has 52 heavy (non-hydrogen) atoms. The Morgan fingerprint density at radius 1 is 0.885 bits per heavy atom. The zero-order valence-electron chi connectivity index (χ0n) is 33.0. The van der Waals surface area contributed by atoms with Gasteiger partial charge in [0.05, 0.1) is 17.9 Å². The van der Waals surface area contributed by atoms with Crippen molar-refractivity contribution in [3.63, 3.8) is 0 Å². The van der Waals surface area contributed by atoms with Gasteiger partial charge >= 0.3 is 11.9 Å². The zero-order chi connectivity index (χ0) is 36.9. The summed E-state index contributed by atoms with van der Waals surface area (Å²) >= 11 is 0. The molecule has 2 aromatic carbocycles. The molecule has 6 rings (SSSR count). The Labute approximate surface area is 314 Å². The molecule has 282 valence electrons. The van der Waals surface area contributed by atoms with Gasteiger partial charge in [-0.15, -0.1) is 0 Å². The Morgan fingerprint density at radius 3 is 2.40 bits per heavy atom. The van der Waals surface area contributed by atoms with Gasteiger partial charge in [-0.25, -0.2) is 4.79 Å². The Balaban J connectivity index is 0.912. The van der Waals surface area contributed by atoms with Crippen LogP contribution in [0.2, 0.25) is 0 Å². The molecular formula is C47H65NO4. The Bertz CT molecular complexity index is 1570. The summed E-state index contributed by atoms with van der Waals surface area (Å²) in [5.41, 5.74) is 5.85. The third-order valence-electron chi connectivity index (χ3n) is 14.1. The highest BCUT2D eigenvalue weighted by Gasteiger charge is 2.59. The van der Waals surface area contributed by atoms with Crippen molar-refractivity contribution in [2.45, 2.75) is 138 Å². The minimum atomic E-state index is -0.347. The van der Waals surface area contributed by atoms with Crippen molar-refractivity contribution in [1.29, 1.82) is 0 Å². The molecule has 4 aliphatic rings. The summed E-state index contributed by atoms with van der Waals surface area (Å²) in [6.07, 6.45) is 20.0. The average molecular weight is 708 g/mol. The van der Waals surface area contributed by atoms with Gasteiger partial charge < -0.3 is 9.47 Å². The van der Waals surface area contributed by atoms with Crippen molar-refractivity contribution >= 4 is 23.8 Å². The molecule has 0 aliphatic heterocycles. The maximum atomic E-state index is 12.9. The molecule has 0 spiro atoms. The Hall–Kier alpha value is -3.21. The number of hydrogen-bond donors (Lipinski definition) is 0. The highest BCUT2D eigenvalue weighted by atomic mass is 16.5. The van der Waals surface area contributed by atoms with E-state index in [1.165, 1.54) is 56.9 Å². The second-order valence-electron chi connectivity index (χ2n) is 18.0. The number of benzene rings is 2. The van der Waals surface area contributed by atoms with Gasteiger partial charge in [0.15, 0.2) is 0 Å². The van der Waals surface area contributed by atoms with Gasteiger partial charge in [0.2, 0.25) is 0 Å². The lowest BCUT2D eigenvalue weighted by molar-refractivity contribution is -0.151. The molecule has 0 heterocycles. The van der Waals surface area contributed by atoms with Crippen LogP contribution in [-0.4, -0.2) is 30.9 Å². The van der Waals surface area contributed by atoms with Crippen LogP contribution in [0.3, 0.4) is 0 Å². The minimum Gasteiger partial charge on any atom is -0.462 e. The lowest BCUT2D eigenvalue weighted by Crippen LogP contribution is -2.51. The number of esters is 2. The molecule has 0 unspecified atom stereocenters. The topological polar surface area (TPSA) is 65.0 Å². The van der Waals surface area contributed by atoms with Gasteiger partial charge in [0, 0.05) is 19.1 Å². The first-order valence-electron chi connectivity index (χ1n) is 20.7. The van der Waals surface area contributed by atoms with E-state index in [0.717, 1.165) is 66.0 Å². The highest BCUT2D eigenvalue weighted by Crippen LogP contribution is 2.67. The summed E-state index contributed by atoms with van der Waals surface area (Å²) in [5.74, 6) is 4.53. The van der Waals surface area contributed by atoms with Gasteiger partial charge in [-0.2, -0.15) is 0 Å². The molecule has 0 N–H and O–H groups in total. The van der Waals surface area contributed by atoms with E-state index in [0.29, 0.717) is 30.2 Å². The van der Waals surface area contributed by atoms with Crippen LogP contribution in [0.4, 0.5) is 5.69 Å². The quantitative estimate of drug-likeness (QED) is 0.0848. The van der Waals surface area contributed by atoms with E-state index in [9.17, 15) is 9.59 Å². The summed E-state index contributed by atoms with van der Waals surface area (Å²) in [5, 5.41) is 0. The van der Waals surface area contributed by atoms with E-state index in [1.54, 1.807) is 23.9 Å². The first-order chi connectivity index (χ1) is 25.0. The number of rotatable bonds is 14. The van der Waals surface area contributed by atoms with E-state index in [4.69, 9.17) is 9.47 Å². The summed E-state index contributed by atoms with van der Waals surface area (Å²) in [6.45, 7) is 14.8. The Morgan fingerprint density at radius 2 is 1.65 bits per heavy atom. The van der Waals surface area contributed by atoms with Crippen LogP contribution in [0, 0.1) is 53.3 Å². The molecule has 5 heteroatoms. The number of carbonyl (C=O) groups excluding carboxylic acids is 2. The number of unbranched alkanes of at least 4 members (excludes halogenated alkanes) is 1. The van der Waals surface area contributed by atoms with E-state index in [-0.39, 0.29) is 30.1 Å². The number of nitrogens with zero attached hydrogens (tertiary/aromatic N) is 1. The van der Waals surface area contributed by atoms with Crippen molar-refractivity contribution in [2.24, 2.45) is 51.3 Å². The molecule has 0 bridgehead atoms. The first kappa shape index (κ1) is 38.5. The lowest BCUT2D eigenvalue weighted by Gasteiger charge is -2.58. The predicted octanol–water partition coefficient (Wildman–Crippen LogP) is 12.0. The fourth-order valence-electron chi connectivity index (χ4n) is 11.1. The highest BCUT2D eigenvalue weighted by molar-refractivity contribution is 5.91. The number of allylic oxidation sites excluding steroid dienone is 1. The SMILES string of the molecule is Cc1ccc(N=Cc2ccc(C(=O)OCCCCC(=O)O[C@H]3CC[C@@]4(C)C(=CC[C@H]5[C@@H]6CC[C@H]([C@H](C)CCCC(C)C)[C@@]6(C)CC[C@@H]54)C3)cc2)cc1. The second-order valence-corrected chi connectivity index (χ2v) is 18.0. The first-order valence-corrected chi connectivity index (χ1v) is 20.7. The molecule has 0 saturated heterocycles. The van der Waals surface area contributed by atoms with Crippen molar-refractivity contribution in [3.8, 4) is 0 Å². The fraction of sp³-hybridized carbons (Fsp3) is 0.638. The molecule has 0 aromatic heterocycles. The van der Waals surface area contributed by atoms with Gasteiger partial charge in [-0.05, 0) is 141 Å². The van der Waals surface area contributed by atoms with Gasteiger partial charge in [-0.1, -0.05) is 95.4 Å². The lowest BCUT2D eigenvalue weighted by atomic mass is 9.47. The number of hydrogen-bond acceptors (Lipinski definition) is 5.